The number of hydrogen-bond donors (Lipinski definition) is 1. The lowest BCUT2D eigenvalue weighted by Crippen LogP contribution is -2.59. The van der Waals surface area contributed by atoms with Gasteiger partial charge in [0, 0.05) is 45.2 Å². The third kappa shape index (κ3) is 9.61. The van der Waals surface area contributed by atoms with Crippen molar-refractivity contribution in [1.82, 2.24) is 19.0 Å². The summed E-state index contributed by atoms with van der Waals surface area (Å²) < 4.78 is 53.1. The molecule has 0 radical (unpaired) electrons. The summed E-state index contributed by atoms with van der Waals surface area (Å²) in [6.45, 7) is 15.4. The van der Waals surface area contributed by atoms with Crippen LogP contribution in [0.5, 0.6) is 0 Å². The number of rotatable bonds is 9. The maximum absolute atomic E-state index is 14.3. The fourth-order valence-corrected chi connectivity index (χ4v) is 9.43. The van der Waals surface area contributed by atoms with Gasteiger partial charge >= 0.3 is 5.97 Å². The molecule has 0 aliphatic carbocycles. The van der Waals surface area contributed by atoms with Crippen LogP contribution >= 0.6 is 0 Å². The summed E-state index contributed by atoms with van der Waals surface area (Å²) in [5.74, 6) is -1.74. The molecule has 3 heterocycles. The number of piperidine rings is 1. The Hall–Kier alpha value is -1.23. The van der Waals surface area contributed by atoms with Crippen LogP contribution < -0.4 is 0 Å². The van der Waals surface area contributed by atoms with E-state index in [2.05, 4.69) is 11.8 Å². The van der Waals surface area contributed by atoms with Gasteiger partial charge in [0.25, 0.3) is 0 Å². The maximum atomic E-state index is 14.3. The first-order chi connectivity index (χ1) is 22.6. The molecule has 0 amide bonds. The summed E-state index contributed by atoms with van der Waals surface area (Å²) in [6.07, 6.45) is -0.957. The highest BCUT2D eigenvalue weighted by molar-refractivity contribution is 7.89. The number of sulfonamides is 1. The van der Waals surface area contributed by atoms with Gasteiger partial charge in [-0.1, -0.05) is 20.8 Å². The second-order valence-electron chi connectivity index (χ2n) is 16.0. The number of esters is 1. The summed E-state index contributed by atoms with van der Waals surface area (Å²) in [4.78, 5) is 34.3. The van der Waals surface area contributed by atoms with Gasteiger partial charge in [0.15, 0.2) is 12.1 Å². The molecule has 1 spiro atoms. The number of Topliss-reactive ketones (excluding diaryl/α,β-unsaturated/α-hetero) is 1. The molecular weight excluding hydrogens is 652 g/mol. The zero-order chi connectivity index (χ0) is 37.1. The number of carbonyl (C=O) groups is 2. The van der Waals surface area contributed by atoms with Gasteiger partial charge in [-0.05, 0) is 94.0 Å². The minimum absolute atomic E-state index is 0.0293. The standard InChI is InChI=1S/C35H66N4O9S/c1-13-37(10)18-19-49(43,44)39-16-14-35(15-17-39)23-46-32(42)33(5,6)29(41)26(4)30(34(7,45-12)21-24(2)22-38(35)11)48-31-28(40)27(36(8)9)20-25(3)47-31/h24-28,30-31,40H,13-23H2,1-12H3/t24-,25-,26+,27+,28-,30-,31+,34-/m1/s1. The number of nitrogens with zero attached hydrogens (tertiary/aromatic N) is 4. The highest BCUT2D eigenvalue weighted by Gasteiger charge is 2.52. The van der Waals surface area contributed by atoms with E-state index in [1.54, 1.807) is 32.2 Å². The molecule has 3 rings (SSSR count). The molecule has 0 saturated carbocycles. The third-order valence-corrected chi connectivity index (χ3v) is 13.4. The number of aliphatic hydroxyl groups excluding tert-OH is 1. The molecule has 13 nitrogen and oxygen atoms in total. The van der Waals surface area contributed by atoms with Crippen LogP contribution in [0.2, 0.25) is 0 Å². The lowest BCUT2D eigenvalue weighted by Gasteiger charge is -2.48. The second-order valence-corrected chi connectivity index (χ2v) is 18.1. The molecule has 3 aliphatic heterocycles. The van der Waals surface area contributed by atoms with Gasteiger partial charge in [0.2, 0.25) is 10.0 Å². The number of methoxy groups -OCH3 is 1. The van der Waals surface area contributed by atoms with Crippen molar-refractivity contribution in [2.45, 2.75) is 116 Å². The van der Waals surface area contributed by atoms with Crippen LogP contribution in [0.4, 0.5) is 0 Å². The molecule has 0 bridgehead atoms. The third-order valence-electron chi connectivity index (χ3n) is 11.6. The predicted molar refractivity (Wildman–Crippen MR) is 189 cm³/mol. The Bertz CT molecular complexity index is 1230. The Kier molecular flexibility index (Phi) is 14.3. The molecule has 49 heavy (non-hydrogen) atoms. The topological polar surface area (TPSA) is 138 Å². The quantitative estimate of drug-likeness (QED) is 0.276. The lowest BCUT2D eigenvalue weighted by atomic mass is 9.74. The number of cyclic esters (lactones) is 1. The summed E-state index contributed by atoms with van der Waals surface area (Å²) in [5.41, 5.74) is -3.14. The number of aliphatic hydroxyl groups is 1. The van der Waals surface area contributed by atoms with Crippen LogP contribution in [0.25, 0.3) is 0 Å². The first-order valence-corrected chi connectivity index (χ1v) is 19.5. The van der Waals surface area contributed by atoms with Gasteiger partial charge in [-0.15, -0.1) is 0 Å². The molecule has 3 aliphatic rings. The Morgan fingerprint density at radius 3 is 2.22 bits per heavy atom. The summed E-state index contributed by atoms with van der Waals surface area (Å²) in [6, 6.07) is -0.211. The van der Waals surface area contributed by atoms with E-state index >= 15 is 0 Å². The van der Waals surface area contributed by atoms with E-state index in [1.807, 2.05) is 58.8 Å². The van der Waals surface area contributed by atoms with Crippen molar-refractivity contribution < 1.29 is 42.1 Å². The molecule has 14 heteroatoms. The fraction of sp³-hybridized carbons (Fsp3) is 0.943. The maximum Gasteiger partial charge on any atom is 0.319 e. The first kappa shape index (κ1) is 42.2. The molecule has 3 saturated heterocycles. The van der Waals surface area contributed by atoms with Crippen molar-refractivity contribution in [3.63, 3.8) is 0 Å². The van der Waals surface area contributed by atoms with E-state index in [0.717, 1.165) is 6.54 Å². The molecule has 0 unspecified atom stereocenters. The molecule has 1 N–H and O–H groups in total. The largest absolute Gasteiger partial charge is 0.463 e. The number of likely N-dealkylation sites (N-methyl/N-ethyl adjacent to an activating group) is 2. The Morgan fingerprint density at radius 2 is 1.67 bits per heavy atom. The minimum atomic E-state index is -3.45. The van der Waals surface area contributed by atoms with Gasteiger partial charge < -0.3 is 33.9 Å². The number of ether oxygens (including phenoxy) is 4. The van der Waals surface area contributed by atoms with E-state index in [4.69, 9.17) is 18.9 Å². The first-order valence-electron chi connectivity index (χ1n) is 17.9. The number of carbonyl (C=O) groups excluding carboxylic acids is 2. The molecule has 0 aromatic heterocycles. The second kappa shape index (κ2) is 16.6. The summed E-state index contributed by atoms with van der Waals surface area (Å²) >= 11 is 0. The molecule has 8 atom stereocenters. The van der Waals surface area contributed by atoms with Crippen molar-refractivity contribution in [3.8, 4) is 0 Å². The van der Waals surface area contributed by atoms with Crippen molar-refractivity contribution in [1.29, 1.82) is 0 Å². The van der Waals surface area contributed by atoms with E-state index < -0.39 is 57.0 Å². The van der Waals surface area contributed by atoms with Crippen LogP contribution in [0.1, 0.15) is 74.1 Å². The zero-order valence-electron chi connectivity index (χ0n) is 32.2. The highest BCUT2D eigenvalue weighted by Crippen LogP contribution is 2.40. The van der Waals surface area contributed by atoms with Crippen molar-refractivity contribution in [2.24, 2.45) is 17.3 Å². The van der Waals surface area contributed by atoms with Gasteiger partial charge in [-0.3, -0.25) is 14.5 Å². The SMILES string of the molecule is CCN(C)CCS(=O)(=O)N1CCC2(CC1)COC(=O)C(C)(C)C(=O)[C@H](C)[C@@H](O[C@@H]1O[C@H](C)C[C@H](N(C)C)[C@H]1O)[C@](C)(OC)C[C@@H](C)CN2C. The summed E-state index contributed by atoms with van der Waals surface area (Å²) in [7, 11) is 5.85. The molecule has 0 aromatic rings. The lowest BCUT2D eigenvalue weighted by molar-refractivity contribution is -0.295. The monoisotopic (exact) mass is 718 g/mol. The molecule has 3 fully saturated rings. The van der Waals surface area contributed by atoms with Gasteiger partial charge in [0.05, 0.1) is 29.1 Å². The minimum Gasteiger partial charge on any atom is -0.463 e. The Labute approximate surface area is 296 Å². The average molecular weight is 719 g/mol. The van der Waals surface area contributed by atoms with E-state index in [1.165, 1.54) is 0 Å². The number of hydrogen-bond acceptors (Lipinski definition) is 12. The van der Waals surface area contributed by atoms with Crippen LogP contribution in [-0.4, -0.2) is 166 Å². The zero-order valence-corrected chi connectivity index (χ0v) is 33.0. The van der Waals surface area contributed by atoms with Crippen LogP contribution in [0.15, 0.2) is 0 Å². The van der Waals surface area contributed by atoms with Crippen molar-refractivity contribution >= 4 is 21.8 Å². The average Bonchev–Trinajstić information content (AvgIpc) is 3.04. The Morgan fingerprint density at radius 1 is 1.06 bits per heavy atom. The predicted octanol–water partition coefficient (Wildman–Crippen LogP) is 2.07. The van der Waals surface area contributed by atoms with Crippen molar-refractivity contribution in [2.75, 3.05) is 80.4 Å². The highest BCUT2D eigenvalue weighted by atomic mass is 32.2. The van der Waals surface area contributed by atoms with Crippen LogP contribution in [-0.2, 0) is 38.6 Å². The van der Waals surface area contributed by atoms with Gasteiger partial charge in [-0.2, -0.15) is 0 Å². The fourth-order valence-electron chi connectivity index (χ4n) is 7.89. The van der Waals surface area contributed by atoms with Crippen LogP contribution in [0.3, 0.4) is 0 Å². The summed E-state index contributed by atoms with van der Waals surface area (Å²) in [5, 5.41) is 11.4. The van der Waals surface area contributed by atoms with E-state index in [0.29, 0.717) is 51.9 Å². The molecule has 0 aromatic carbocycles. The molecular formula is C35H66N4O9S. The van der Waals surface area contributed by atoms with E-state index in [9.17, 15) is 23.1 Å². The molecule has 286 valence electrons. The van der Waals surface area contributed by atoms with Gasteiger partial charge in [-0.25, -0.2) is 12.7 Å². The van der Waals surface area contributed by atoms with E-state index in [-0.39, 0.29) is 36.2 Å². The van der Waals surface area contributed by atoms with Crippen molar-refractivity contribution in [3.05, 3.63) is 0 Å². The number of ketones is 1. The normalized spacial score (nSPS) is 35.9. The smallest absolute Gasteiger partial charge is 0.319 e. The van der Waals surface area contributed by atoms with Crippen LogP contribution in [0, 0.1) is 17.3 Å². The Balaban J connectivity index is 1.95. The van der Waals surface area contributed by atoms with Gasteiger partial charge in [0.1, 0.15) is 18.1 Å².